The number of carbonyl (C=O) groups excluding carboxylic acids is 2. The molecule has 0 aliphatic rings. The molecule has 126 valence electrons. The molecule has 0 heterocycles. The molecule has 5 heteroatoms. The fourth-order valence-corrected chi connectivity index (χ4v) is 2.32. The number of carbonyl (C=O) groups is 2. The van der Waals surface area contributed by atoms with Gasteiger partial charge in [0.1, 0.15) is 0 Å². The van der Waals surface area contributed by atoms with E-state index in [0.717, 1.165) is 5.56 Å². The molecule has 0 aliphatic carbocycles. The molecule has 2 rings (SSSR count). The Hall–Kier alpha value is -2.66. The Bertz CT molecular complexity index is 699. The number of hydrogen-bond acceptors (Lipinski definition) is 3. The van der Waals surface area contributed by atoms with Crippen molar-refractivity contribution >= 4 is 11.8 Å². The number of benzene rings is 2. The van der Waals surface area contributed by atoms with Gasteiger partial charge in [-0.3, -0.25) is 9.59 Å². The van der Waals surface area contributed by atoms with E-state index in [-0.39, 0.29) is 18.4 Å². The maximum Gasteiger partial charge on any atom is 0.253 e. The van der Waals surface area contributed by atoms with E-state index in [1.165, 1.54) is 4.90 Å². The minimum atomic E-state index is -0.664. The Labute approximate surface area is 141 Å². The van der Waals surface area contributed by atoms with Crippen molar-refractivity contribution in [3.63, 3.8) is 0 Å². The Morgan fingerprint density at radius 1 is 1.04 bits per heavy atom. The van der Waals surface area contributed by atoms with Crippen LogP contribution in [0.25, 0.3) is 0 Å². The van der Waals surface area contributed by atoms with Gasteiger partial charge in [-0.05, 0) is 23.8 Å². The third-order valence-corrected chi connectivity index (χ3v) is 3.59. The van der Waals surface area contributed by atoms with Gasteiger partial charge in [0.15, 0.2) is 0 Å². The first-order valence-electron chi connectivity index (χ1n) is 7.79. The maximum absolute atomic E-state index is 12.2. The molecule has 2 amide bonds. The van der Waals surface area contributed by atoms with Crippen molar-refractivity contribution in [1.82, 2.24) is 10.2 Å². The fourth-order valence-electron chi connectivity index (χ4n) is 2.32. The highest BCUT2D eigenvalue weighted by atomic mass is 16.3. The van der Waals surface area contributed by atoms with Crippen molar-refractivity contribution in [2.45, 2.75) is 12.5 Å². The molecule has 0 aromatic heterocycles. The van der Waals surface area contributed by atoms with Gasteiger partial charge in [-0.1, -0.05) is 36.4 Å². The standard InChI is InChI=1S/C19H22N2O3/c1-21(2)19(24)16-10-6-9-15(12-16)18(23)20-13-17(22)11-14-7-4-3-5-8-14/h3-10,12,17,22H,11,13H2,1-2H3,(H,20,23). The van der Waals surface area contributed by atoms with Gasteiger partial charge in [0.2, 0.25) is 0 Å². The van der Waals surface area contributed by atoms with Gasteiger partial charge in [-0.2, -0.15) is 0 Å². The van der Waals surface area contributed by atoms with Crippen LogP contribution in [0.5, 0.6) is 0 Å². The van der Waals surface area contributed by atoms with Crippen LogP contribution in [0.4, 0.5) is 0 Å². The first kappa shape index (κ1) is 17.7. The molecule has 0 radical (unpaired) electrons. The van der Waals surface area contributed by atoms with Crippen LogP contribution in [-0.4, -0.2) is 48.6 Å². The second-order valence-corrected chi connectivity index (χ2v) is 5.83. The van der Waals surface area contributed by atoms with Crippen molar-refractivity contribution < 1.29 is 14.7 Å². The first-order valence-corrected chi connectivity index (χ1v) is 7.79. The molecule has 24 heavy (non-hydrogen) atoms. The number of amides is 2. The van der Waals surface area contributed by atoms with Gasteiger partial charge < -0.3 is 15.3 Å². The zero-order chi connectivity index (χ0) is 17.5. The Kier molecular flexibility index (Phi) is 6.09. The molecule has 1 atom stereocenters. The molecular weight excluding hydrogens is 304 g/mol. The zero-order valence-corrected chi connectivity index (χ0v) is 13.9. The third-order valence-electron chi connectivity index (χ3n) is 3.59. The van der Waals surface area contributed by atoms with Gasteiger partial charge in [-0.25, -0.2) is 0 Å². The van der Waals surface area contributed by atoms with Gasteiger partial charge >= 0.3 is 0 Å². The summed E-state index contributed by atoms with van der Waals surface area (Å²) >= 11 is 0. The van der Waals surface area contributed by atoms with E-state index in [9.17, 15) is 14.7 Å². The second-order valence-electron chi connectivity index (χ2n) is 5.83. The van der Waals surface area contributed by atoms with E-state index < -0.39 is 6.10 Å². The highest BCUT2D eigenvalue weighted by molar-refractivity contribution is 5.99. The molecule has 2 aromatic rings. The van der Waals surface area contributed by atoms with Crippen molar-refractivity contribution in [2.75, 3.05) is 20.6 Å². The molecule has 0 fully saturated rings. The van der Waals surface area contributed by atoms with Crippen molar-refractivity contribution in [3.8, 4) is 0 Å². The van der Waals surface area contributed by atoms with E-state index in [0.29, 0.717) is 17.5 Å². The Balaban J connectivity index is 1.92. The summed E-state index contributed by atoms with van der Waals surface area (Å²) in [6.07, 6.45) is -0.191. The fraction of sp³-hybridized carbons (Fsp3) is 0.263. The highest BCUT2D eigenvalue weighted by Crippen LogP contribution is 2.08. The van der Waals surface area contributed by atoms with Crippen LogP contribution in [0, 0.1) is 0 Å². The quantitative estimate of drug-likeness (QED) is 0.849. The number of nitrogens with one attached hydrogen (secondary N) is 1. The Morgan fingerprint density at radius 3 is 2.38 bits per heavy atom. The van der Waals surface area contributed by atoms with Crippen molar-refractivity contribution in [3.05, 3.63) is 71.3 Å². The molecule has 5 nitrogen and oxygen atoms in total. The van der Waals surface area contributed by atoms with E-state index in [4.69, 9.17) is 0 Å². The average molecular weight is 326 g/mol. The van der Waals surface area contributed by atoms with Crippen LogP contribution in [0.1, 0.15) is 26.3 Å². The SMILES string of the molecule is CN(C)C(=O)c1cccc(C(=O)NCC(O)Cc2ccccc2)c1. The molecular formula is C19H22N2O3. The lowest BCUT2D eigenvalue weighted by Gasteiger charge is -2.13. The largest absolute Gasteiger partial charge is 0.391 e. The molecule has 0 aliphatic heterocycles. The van der Waals surface area contributed by atoms with E-state index in [1.807, 2.05) is 30.3 Å². The predicted molar refractivity (Wildman–Crippen MR) is 92.9 cm³/mol. The monoisotopic (exact) mass is 326 g/mol. The van der Waals surface area contributed by atoms with Crippen LogP contribution in [0.2, 0.25) is 0 Å². The lowest BCUT2D eigenvalue weighted by atomic mass is 10.1. The summed E-state index contributed by atoms with van der Waals surface area (Å²) in [5, 5.41) is 12.7. The van der Waals surface area contributed by atoms with Crippen LogP contribution in [-0.2, 0) is 6.42 Å². The van der Waals surface area contributed by atoms with E-state index in [2.05, 4.69) is 5.32 Å². The Morgan fingerprint density at radius 2 is 1.71 bits per heavy atom. The van der Waals surface area contributed by atoms with Crippen molar-refractivity contribution in [1.29, 1.82) is 0 Å². The lowest BCUT2D eigenvalue weighted by molar-refractivity contribution is 0.0827. The van der Waals surface area contributed by atoms with Crippen molar-refractivity contribution in [2.24, 2.45) is 0 Å². The number of nitrogens with zero attached hydrogens (tertiary/aromatic N) is 1. The first-order chi connectivity index (χ1) is 11.5. The summed E-state index contributed by atoms with van der Waals surface area (Å²) in [5.74, 6) is -0.468. The third kappa shape index (κ3) is 4.93. The lowest BCUT2D eigenvalue weighted by Crippen LogP contribution is -2.33. The van der Waals surface area contributed by atoms with Gasteiger partial charge in [0, 0.05) is 38.2 Å². The summed E-state index contributed by atoms with van der Waals surface area (Å²) in [7, 11) is 3.32. The maximum atomic E-state index is 12.2. The minimum Gasteiger partial charge on any atom is -0.391 e. The highest BCUT2D eigenvalue weighted by Gasteiger charge is 2.13. The number of rotatable bonds is 6. The van der Waals surface area contributed by atoms with Gasteiger partial charge in [0.05, 0.1) is 6.10 Å². The number of aliphatic hydroxyl groups is 1. The number of aliphatic hydroxyl groups excluding tert-OH is 1. The smallest absolute Gasteiger partial charge is 0.253 e. The van der Waals surface area contributed by atoms with Crippen LogP contribution >= 0.6 is 0 Å². The van der Waals surface area contributed by atoms with Crippen LogP contribution in [0.15, 0.2) is 54.6 Å². The normalized spacial score (nSPS) is 11.6. The zero-order valence-electron chi connectivity index (χ0n) is 13.9. The summed E-state index contributed by atoms with van der Waals surface area (Å²) in [6.45, 7) is 0.152. The molecule has 0 spiro atoms. The molecule has 0 saturated carbocycles. The molecule has 2 N–H and O–H groups in total. The van der Waals surface area contributed by atoms with Crippen LogP contribution < -0.4 is 5.32 Å². The topological polar surface area (TPSA) is 69.6 Å². The van der Waals surface area contributed by atoms with E-state index in [1.54, 1.807) is 38.4 Å². The predicted octanol–water partition coefficient (Wildman–Crippen LogP) is 1.72. The summed E-state index contributed by atoms with van der Waals surface area (Å²) in [4.78, 5) is 25.6. The molecule has 2 aromatic carbocycles. The molecule has 0 bridgehead atoms. The molecule has 1 unspecified atom stereocenters. The summed E-state index contributed by atoms with van der Waals surface area (Å²) in [5.41, 5.74) is 1.87. The van der Waals surface area contributed by atoms with Gasteiger partial charge in [-0.15, -0.1) is 0 Å². The minimum absolute atomic E-state index is 0.152. The number of hydrogen-bond donors (Lipinski definition) is 2. The molecule has 0 saturated heterocycles. The second kappa shape index (κ2) is 8.26. The summed E-state index contributed by atoms with van der Waals surface area (Å²) < 4.78 is 0. The van der Waals surface area contributed by atoms with E-state index >= 15 is 0 Å². The average Bonchev–Trinajstić information content (AvgIpc) is 2.60. The summed E-state index contributed by atoms with van der Waals surface area (Å²) in [6, 6.07) is 16.1. The van der Waals surface area contributed by atoms with Crippen LogP contribution in [0.3, 0.4) is 0 Å². The van der Waals surface area contributed by atoms with Gasteiger partial charge in [0.25, 0.3) is 11.8 Å².